The van der Waals surface area contributed by atoms with E-state index in [1.165, 1.54) is 16.6 Å². The van der Waals surface area contributed by atoms with Crippen LogP contribution in [0.1, 0.15) is 16.9 Å². The number of thioether (sulfide) groups is 1. The molecule has 0 radical (unpaired) electrons. The highest BCUT2D eigenvalue weighted by Gasteiger charge is 2.24. The zero-order chi connectivity index (χ0) is 23.2. The van der Waals surface area contributed by atoms with Gasteiger partial charge in [-0.1, -0.05) is 23.4 Å². The predicted molar refractivity (Wildman–Crippen MR) is 134 cm³/mol. The van der Waals surface area contributed by atoms with Crippen LogP contribution in [0.4, 0.5) is 5.69 Å². The van der Waals surface area contributed by atoms with Crippen molar-refractivity contribution < 1.29 is 14.3 Å². The maximum Gasteiger partial charge on any atom is 0.267 e. The highest BCUT2D eigenvalue weighted by atomic mass is 35.5. The van der Waals surface area contributed by atoms with Crippen molar-refractivity contribution in [3.63, 3.8) is 0 Å². The molecule has 1 N–H and O–H groups in total. The third-order valence-corrected chi connectivity index (χ3v) is 8.16. The quantitative estimate of drug-likeness (QED) is 0.298. The molecule has 0 unspecified atom stereocenters. The number of carbonyl (C=O) groups is 1. The van der Waals surface area contributed by atoms with Gasteiger partial charge in [-0.15, -0.1) is 11.3 Å². The molecule has 2 aromatic carbocycles. The highest BCUT2D eigenvalue weighted by Crippen LogP contribution is 2.37. The second-order valence-electron chi connectivity index (χ2n) is 7.95. The van der Waals surface area contributed by atoms with Crippen LogP contribution in [0.3, 0.4) is 0 Å². The van der Waals surface area contributed by atoms with E-state index in [-0.39, 0.29) is 24.0 Å². The fourth-order valence-corrected chi connectivity index (χ4v) is 6.48. The van der Waals surface area contributed by atoms with Crippen molar-refractivity contribution in [1.29, 1.82) is 0 Å². The fourth-order valence-electron chi connectivity index (χ4n) is 4.24. The molecule has 1 amide bonds. The lowest BCUT2D eigenvalue weighted by Gasteiger charge is -2.13. The molecular weight excluding hydrogens is 494 g/mol. The standard InChI is InChI=1S/C24H18ClN3O4S2/c25-13-4-7-15(8-5-13)28-23(30)21-16-2-1-3-19(16)34-22(21)27-24(28)33-11-20(29)26-14-6-9-17-18(10-14)32-12-31-17/h4-10H,1-3,11-12H2,(H,26,29). The lowest BCUT2D eigenvalue weighted by Crippen LogP contribution is -2.23. The summed E-state index contributed by atoms with van der Waals surface area (Å²) in [6, 6.07) is 12.3. The van der Waals surface area contributed by atoms with Crippen LogP contribution in [0.25, 0.3) is 15.9 Å². The summed E-state index contributed by atoms with van der Waals surface area (Å²) >= 11 is 8.88. The van der Waals surface area contributed by atoms with Gasteiger partial charge in [0.25, 0.3) is 5.56 Å². The highest BCUT2D eigenvalue weighted by molar-refractivity contribution is 7.99. The Hall–Kier alpha value is -3.01. The summed E-state index contributed by atoms with van der Waals surface area (Å²) in [6.45, 7) is 0.172. The van der Waals surface area contributed by atoms with Gasteiger partial charge in [-0.2, -0.15) is 0 Å². The van der Waals surface area contributed by atoms with Gasteiger partial charge >= 0.3 is 0 Å². The Morgan fingerprint density at radius 2 is 1.97 bits per heavy atom. The van der Waals surface area contributed by atoms with Crippen LogP contribution in [-0.2, 0) is 17.6 Å². The summed E-state index contributed by atoms with van der Waals surface area (Å²) < 4.78 is 12.3. The first kappa shape index (κ1) is 21.5. The predicted octanol–water partition coefficient (Wildman–Crippen LogP) is 5.05. The SMILES string of the molecule is O=C(CSc1nc2sc3c(c2c(=O)n1-c1ccc(Cl)cc1)CCC3)Nc1ccc2c(c1)OCO2. The molecule has 0 saturated heterocycles. The number of rotatable bonds is 5. The zero-order valence-corrected chi connectivity index (χ0v) is 20.2. The van der Waals surface area contributed by atoms with Crippen LogP contribution in [0.2, 0.25) is 5.02 Å². The summed E-state index contributed by atoms with van der Waals surface area (Å²) in [4.78, 5) is 33.2. The van der Waals surface area contributed by atoms with E-state index in [1.54, 1.807) is 58.4 Å². The van der Waals surface area contributed by atoms with E-state index < -0.39 is 0 Å². The summed E-state index contributed by atoms with van der Waals surface area (Å²) in [5.74, 6) is 1.12. The Bertz CT molecular complexity index is 1500. The van der Waals surface area contributed by atoms with Crippen LogP contribution in [-0.4, -0.2) is 28.0 Å². The van der Waals surface area contributed by atoms with E-state index >= 15 is 0 Å². The first-order chi connectivity index (χ1) is 16.6. The van der Waals surface area contributed by atoms with E-state index in [9.17, 15) is 9.59 Å². The number of halogens is 1. The lowest BCUT2D eigenvalue weighted by molar-refractivity contribution is -0.113. The Morgan fingerprint density at radius 1 is 1.15 bits per heavy atom. The number of hydrogen-bond donors (Lipinski definition) is 1. The van der Waals surface area contributed by atoms with Crippen molar-refractivity contribution in [2.24, 2.45) is 0 Å². The molecule has 172 valence electrons. The van der Waals surface area contributed by atoms with E-state index in [0.29, 0.717) is 38.4 Å². The molecule has 2 aromatic heterocycles. The number of aryl methyl sites for hydroxylation is 2. The molecule has 34 heavy (non-hydrogen) atoms. The number of anilines is 1. The number of carbonyl (C=O) groups excluding carboxylic acids is 1. The van der Waals surface area contributed by atoms with Gasteiger partial charge in [0.05, 0.1) is 16.8 Å². The number of nitrogens with zero attached hydrogens (tertiary/aromatic N) is 2. The number of thiophene rings is 1. The zero-order valence-electron chi connectivity index (χ0n) is 17.8. The molecule has 0 fully saturated rings. The average molecular weight is 512 g/mol. The molecule has 1 aliphatic carbocycles. The Labute approximate surface area is 207 Å². The average Bonchev–Trinajstić information content (AvgIpc) is 3.54. The monoisotopic (exact) mass is 511 g/mol. The van der Waals surface area contributed by atoms with Crippen LogP contribution >= 0.6 is 34.7 Å². The van der Waals surface area contributed by atoms with Gasteiger partial charge in [0.1, 0.15) is 4.83 Å². The van der Waals surface area contributed by atoms with Crippen molar-refractivity contribution in [2.75, 3.05) is 17.9 Å². The lowest BCUT2D eigenvalue weighted by atomic mass is 10.2. The van der Waals surface area contributed by atoms with Gasteiger partial charge in [0, 0.05) is 21.7 Å². The fraction of sp³-hybridized carbons (Fsp3) is 0.208. The molecule has 3 heterocycles. The molecule has 0 bridgehead atoms. The van der Waals surface area contributed by atoms with Gasteiger partial charge in [-0.05, 0) is 61.2 Å². The molecule has 0 saturated carbocycles. The summed E-state index contributed by atoms with van der Waals surface area (Å²) in [5, 5.41) is 4.62. The number of fused-ring (bicyclic) bond motifs is 4. The number of nitrogens with one attached hydrogen (secondary N) is 1. The molecular formula is C24H18ClN3O4S2. The third-order valence-electron chi connectivity index (χ3n) is 5.78. The Balaban J connectivity index is 1.32. The van der Waals surface area contributed by atoms with Crippen molar-refractivity contribution >= 4 is 56.5 Å². The Kier molecular flexibility index (Phi) is 5.47. The molecule has 1 aliphatic heterocycles. The first-order valence-electron chi connectivity index (χ1n) is 10.7. The van der Waals surface area contributed by atoms with Crippen molar-refractivity contribution in [3.05, 3.63) is 68.3 Å². The summed E-state index contributed by atoms with van der Waals surface area (Å²) in [5.41, 5.74) is 2.30. The molecule has 7 nitrogen and oxygen atoms in total. The number of ether oxygens (including phenoxy) is 2. The second kappa shape index (κ2) is 8.65. The number of aromatic nitrogens is 2. The third kappa shape index (κ3) is 3.83. The van der Waals surface area contributed by atoms with E-state index in [0.717, 1.165) is 29.7 Å². The molecule has 10 heteroatoms. The van der Waals surface area contributed by atoms with Gasteiger partial charge in [0.15, 0.2) is 16.7 Å². The Morgan fingerprint density at radius 3 is 2.82 bits per heavy atom. The number of hydrogen-bond acceptors (Lipinski definition) is 7. The summed E-state index contributed by atoms with van der Waals surface area (Å²) in [7, 11) is 0. The molecule has 4 aromatic rings. The minimum absolute atomic E-state index is 0.0884. The normalized spacial score (nSPS) is 13.9. The summed E-state index contributed by atoms with van der Waals surface area (Å²) in [6.07, 6.45) is 2.95. The molecule has 6 rings (SSSR count). The van der Waals surface area contributed by atoms with E-state index in [4.69, 9.17) is 26.1 Å². The maximum absolute atomic E-state index is 13.7. The molecule has 0 atom stereocenters. The minimum atomic E-state index is -0.213. The van der Waals surface area contributed by atoms with Crippen LogP contribution in [0.5, 0.6) is 11.5 Å². The van der Waals surface area contributed by atoms with Gasteiger partial charge in [0.2, 0.25) is 12.7 Å². The van der Waals surface area contributed by atoms with E-state index in [2.05, 4.69) is 5.32 Å². The number of amides is 1. The smallest absolute Gasteiger partial charge is 0.267 e. The second-order valence-corrected chi connectivity index (χ2v) is 10.4. The van der Waals surface area contributed by atoms with Crippen molar-refractivity contribution in [1.82, 2.24) is 9.55 Å². The maximum atomic E-state index is 13.7. The molecule has 0 spiro atoms. The van der Waals surface area contributed by atoms with E-state index in [1.807, 2.05) is 0 Å². The topological polar surface area (TPSA) is 82.5 Å². The first-order valence-corrected chi connectivity index (χ1v) is 12.9. The van der Waals surface area contributed by atoms with Gasteiger partial charge < -0.3 is 14.8 Å². The van der Waals surface area contributed by atoms with Gasteiger partial charge in [-0.3, -0.25) is 14.2 Å². The van der Waals surface area contributed by atoms with Crippen molar-refractivity contribution in [2.45, 2.75) is 24.4 Å². The number of benzene rings is 2. The van der Waals surface area contributed by atoms with Crippen LogP contribution in [0, 0.1) is 0 Å². The minimum Gasteiger partial charge on any atom is -0.454 e. The van der Waals surface area contributed by atoms with Crippen LogP contribution in [0.15, 0.2) is 52.4 Å². The van der Waals surface area contributed by atoms with Crippen LogP contribution < -0.4 is 20.3 Å². The van der Waals surface area contributed by atoms with Crippen molar-refractivity contribution in [3.8, 4) is 17.2 Å². The van der Waals surface area contributed by atoms with Gasteiger partial charge in [-0.25, -0.2) is 4.98 Å². The molecule has 2 aliphatic rings. The largest absolute Gasteiger partial charge is 0.454 e.